The fraction of sp³-hybridized carbons (Fsp3) is 0.500. The minimum Gasteiger partial charge on any atom is -0.423 e. The van der Waals surface area contributed by atoms with E-state index in [1.807, 2.05) is 6.07 Å². The predicted molar refractivity (Wildman–Crippen MR) is 68.0 cm³/mol. The lowest BCUT2D eigenvalue weighted by atomic mass is 9.77. The first kappa shape index (κ1) is 14.6. The standard InChI is InChI=1S/C12H17BN2O3/c1-11(2,16)12(3,4)18-13(17)10-5-9(6-14)7-15-8-10/h5,7-8,16-17H,1-4H3. The molecular formula is C12H17BN2O3. The van der Waals surface area contributed by atoms with Crippen LogP contribution in [0.5, 0.6) is 0 Å². The van der Waals surface area contributed by atoms with Crippen molar-refractivity contribution in [3.63, 3.8) is 0 Å². The Bertz CT molecular complexity index is 463. The van der Waals surface area contributed by atoms with Gasteiger partial charge in [-0.15, -0.1) is 0 Å². The zero-order valence-corrected chi connectivity index (χ0v) is 11.0. The second-order valence-corrected chi connectivity index (χ2v) is 5.16. The van der Waals surface area contributed by atoms with Gasteiger partial charge in [-0.2, -0.15) is 5.26 Å². The van der Waals surface area contributed by atoms with Gasteiger partial charge in [-0.25, -0.2) is 0 Å². The zero-order valence-electron chi connectivity index (χ0n) is 11.0. The predicted octanol–water partition coefficient (Wildman–Crippen LogP) is 0.207. The Morgan fingerprint density at radius 1 is 1.33 bits per heavy atom. The Kier molecular flexibility index (Phi) is 4.12. The average molecular weight is 248 g/mol. The molecule has 0 unspecified atom stereocenters. The molecule has 0 atom stereocenters. The molecule has 0 aliphatic heterocycles. The van der Waals surface area contributed by atoms with Gasteiger partial charge in [0.05, 0.1) is 16.8 Å². The van der Waals surface area contributed by atoms with Crippen LogP contribution in [0.3, 0.4) is 0 Å². The van der Waals surface area contributed by atoms with Gasteiger partial charge >= 0.3 is 7.12 Å². The second kappa shape index (κ2) is 5.06. The smallest absolute Gasteiger partial charge is 0.423 e. The molecule has 0 aliphatic rings. The van der Waals surface area contributed by atoms with Crippen molar-refractivity contribution in [2.45, 2.75) is 38.9 Å². The molecule has 6 heteroatoms. The Balaban J connectivity index is 2.89. The van der Waals surface area contributed by atoms with Gasteiger partial charge in [-0.1, -0.05) is 0 Å². The van der Waals surface area contributed by atoms with Gasteiger partial charge in [-0.05, 0) is 33.8 Å². The summed E-state index contributed by atoms with van der Waals surface area (Å²) in [6.07, 6.45) is 2.82. The van der Waals surface area contributed by atoms with Crippen molar-refractivity contribution >= 4 is 12.6 Å². The van der Waals surface area contributed by atoms with Crippen molar-refractivity contribution in [3.05, 3.63) is 24.0 Å². The first-order valence-corrected chi connectivity index (χ1v) is 5.61. The molecule has 1 aromatic heterocycles. The van der Waals surface area contributed by atoms with Gasteiger partial charge < -0.3 is 14.8 Å². The van der Waals surface area contributed by atoms with E-state index in [1.54, 1.807) is 27.7 Å². The number of nitrogens with zero attached hydrogens (tertiary/aromatic N) is 2. The summed E-state index contributed by atoms with van der Waals surface area (Å²) in [5.74, 6) is 0. The fourth-order valence-corrected chi connectivity index (χ4v) is 1.15. The maximum Gasteiger partial charge on any atom is 0.493 e. The molecule has 1 heterocycles. The van der Waals surface area contributed by atoms with Crippen molar-refractivity contribution in [1.82, 2.24) is 4.98 Å². The van der Waals surface area contributed by atoms with Crippen molar-refractivity contribution in [2.75, 3.05) is 0 Å². The maximum atomic E-state index is 9.96. The summed E-state index contributed by atoms with van der Waals surface area (Å²) < 4.78 is 5.44. The van der Waals surface area contributed by atoms with Crippen LogP contribution < -0.4 is 5.46 Å². The van der Waals surface area contributed by atoms with Gasteiger partial charge in [0.25, 0.3) is 0 Å². The van der Waals surface area contributed by atoms with E-state index in [1.165, 1.54) is 18.5 Å². The molecular weight excluding hydrogens is 231 g/mol. The molecule has 0 saturated carbocycles. The van der Waals surface area contributed by atoms with Crippen LogP contribution in [0.25, 0.3) is 0 Å². The molecule has 1 aromatic rings. The Labute approximate surface area is 107 Å². The molecule has 0 saturated heterocycles. The molecule has 1 rings (SSSR count). The summed E-state index contributed by atoms with van der Waals surface area (Å²) >= 11 is 0. The molecule has 0 spiro atoms. The Morgan fingerprint density at radius 3 is 2.44 bits per heavy atom. The summed E-state index contributed by atoms with van der Waals surface area (Å²) in [5.41, 5.74) is -1.34. The van der Waals surface area contributed by atoms with E-state index in [0.717, 1.165) is 0 Å². The normalized spacial score (nSPS) is 12.1. The summed E-state index contributed by atoms with van der Waals surface area (Å²) in [4.78, 5) is 3.84. The monoisotopic (exact) mass is 248 g/mol. The highest BCUT2D eigenvalue weighted by Gasteiger charge is 2.39. The number of pyridine rings is 1. The zero-order chi connectivity index (χ0) is 14.0. The van der Waals surface area contributed by atoms with Crippen LogP contribution in [0, 0.1) is 11.3 Å². The number of aliphatic hydroxyl groups is 1. The van der Waals surface area contributed by atoms with Gasteiger partial charge in [-0.3, -0.25) is 4.98 Å². The first-order chi connectivity index (χ1) is 8.17. The lowest BCUT2D eigenvalue weighted by Crippen LogP contribution is -2.53. The fourth-order valence-electron chi connectivity index (χ4n) is 1.15. The molecule has 0 amide bonds. The van der Waals surface area contributed by atoms with Crippen LogP contribution in [-0.2, 0) is 4.65 Å². The first-order valence-electron chi connectivity index (χ1n) is 5.61. The number of aromatic nitrogens is 1. The molecule has 0 aliphatic carbocycles. The molecule has 18 heavy (non-hydrogen) atoms. The number of hydrogen-bond acceptors (Lipinski definition) is 5. The van der Waals surface area contributed by atoms with Crippen molar-refractivity contribution < 1.29 is 14.8 Å². The van der Waals surface area contributed by atoms with Crippen LogP contribution in [0.4, 0.5) is 0 Å². The summed E-state index contributed by atoms with van der Waals surface area (Å²) in [6, 6.07) is 3.43. The highest BCUT2D eigenvalue weighted by Crippen LogP contribution is 2.25. The van der Waals surface area contributed by atoms with E-state index in [-0.39, 0.29) is 0 Å². The molecule has 96 valence electrons. The number of rotatable bonds is 4. The highest BCUT2D eigenvalue weighted by atomic mass is 16.5. The largest absolute Gasteiger partial charge is 0.493 e. The molecule has 0 radical (unpaired) electrons. The molecule has 2 N–H and O–H groups in total. The van der Waals surface area contributed by atoms with Gasteiger partial charge in [0.15, 0.2) is 0 Å². The third-order valence-corrected chi connectivity index (χ3v) is 3.05. The van der Waals surface area contributed by atoms with E-state index in [2.05, 4.69) is 4.98 Å². The number of hydrogen-bond donors (Lipinski definition) is 2. The summed E-state index contributed by atoms with van der Waals surface area (Å²) in [7, 11) is -1.24. The van der Waals surface area contributed by atoms with E-state index < -0.39 is 18.3 Å². The molecule has 0 aromatic carbocycles. The lowest BCUT2D eigenvalue weighted by molar-refractivity contribution is -0.0982. The third-order valence-electron chi connectivity index (χ3n) is 3.05. The van der Waals surface area contributed by atoms with E-state index in [4.69, 9.17) is 9.92 Å². The van der Waals surface area contributed by atoms with Gasteiger partial charge in [0, 0.05) is 17.9 Å². The minimum absolute atomic E-state index is 0.344. The van der Waals surface area contributed by atoms with E-state index in [9.17, 15) is 10.1 Å². The second-order valence-electron chi connectivity index (χ2n) is 5.16. The molecule has 5 nitrogen and oxygen atoms in total. The minimum atomic E-state index is -1.24. The van der Waals surface area contributed by atoms with E-state index >= 15 is 0 Å². The quantitative estimate of drug-likeness (QED) is 0.743. The number of nitriles is 1. The maximum absolute atomic E-state index is 9.96. The van der Waals surface area contributed by atoms with Gasteiger partial charge in [0.2, 0.25) is 0 Å². The summed E-state index contributed by atoms with van der Waals surface area (Å²) in [5, 5.41) is 28.6. The average Bonchev–Trinajstić information content (AvgIpc) is 2.27. The van der Waals surface area contributed by atoms with Crippen molar-refractivity contribution in [1.29, 1.82) is 5.26 Å². The van der Waals surface area contributed by atoms with E-state index in [0.29, 0.717) is 11.0 Å². The SMILES string of the molecule is CC(C)(O)C(C)(C)OB(O)c1cncc(C#N)c1. The lowest BCUT2D eigenvalue weighted by Gasteiger charge is -2.38. The molecule has 0 bridgehead atoms. The van der Waals surface area contributed by atoms with Crippen LogP contribution in [0.2, 0.25) is 0 Å². The topological polar surface area (TPSA) is 86.4 Å². The van der Waals surface area contributed by atoms with Crippen LogP contribution in [0.1, 0.15) is 33.3 Å². The van der Waals surface area contributed by atoms with Crippen molar-refractivity contribution in [3.8, 4) is 6.07 Å². The third kappa shape index (κ3) is 3.29. The highest BCUT2D eigenvalue weighted by molar-refractivity contribution is 6.60. The summed E-state index contributed by atoms with van der Waals surface area (Å²) in [6.45, 7) is 6.56. The van der Waals surface area contributed by atoms with Crippen molar-refractivity contribution in [2.24, 2.45) is 0 Å². The van der Waals surface area contributed by atoms with Crippen LogP contribution in [-0.4, -0.2) is 33.4 Å². The molecule has 0 fully saturated rings. The van der Waals surface area contributed by atoms with Crippen LogP contribution >= 0.6 is 0 Å². The Hall–Kier alpha value is -1.42. The van der Waals surface area contributed by atoms with Gasteiger partial charge in [0.1, 0.15) is 6.07 Å². The Morgan fingerprint density at radius 2 is 1.94 bits per heavy atom. The van der Waals surface area contributed by atoms with Crippen LogP contribution in [0.15, 0.2) is 18.5 Å².